The van der Waals surface area contributed by atoms with Crippen molar-refractivity contribution >= 4 is 5.91 Å². The van der Waals surface area contributed by atoms with Gasteiger partial charge in [0.15, 0.2) is 0 Å². The molecule has 1 fully saturated rings. The van der Waals surface area contributed by atoms with Gasteiger partial charge in [-0.3, -0.25) is 9.69 Å². The molecule has 5 heteroatoms. The monoisotopic (exact) mass is 320 g/mol. The standard InChI is InChI=1S/C18H28N2O3/c1-13(2)23-17-8-6-5-7-14(17)9-20-10-15(12-21)16(11-20)18(22)19(3)4/h5-8,13,15-16,21H,9-12H2,1-4H3/t15-,16+/m0/s1. The molecule has 0 saturated carbocycles. The van der Waals surface area contributed by atoms with Crippen LogP contribution < -0.4 is 4.74 Å². The van der Waals surface area contributed by atoms with Gasteiger partial charge in [-0.1, -0.05) is 18.2 Å². The first kappa shape index (κ1) is 17.8. The maximum atomic E-state index is 12.3. The summed E-state index contributed by atoms with van der Waals surface area (Å²) >= 11 is 0. The van der Waals surface area contributed by atoms with Crippen LogP contribution in [0.4, 0.5) is 0 Å². The topological polar surface area (TPSA) is 53.0 Å². The van der Waals surface area contributed by atoms with Crippen LogP contribution in [-0.4, -0.2) is 60.7 Å². The summed E-state index contributed by atoms with van der Waals surface area (Å²) in [4.78, 5) is 16.1. The van der Waals surface area contributed by atoms with Crippen molar-refractivity contribution in [3.63, 3.8) is 0 Å². The lowest BCUT2D eigenvalue weighted by atomic mass is 9.96. The number of aliphatic hydroxyl groups is 1. The number of hydrogen-bond donors (Lipinski definition) is 1. The summed E-state index contributed by atoms with van der Waals surface area (Å²) in [6, 6.07) is 8.02. The Kier molecular flexibility index (Phi) is 6.02. The molecule has 1 saturated heterocycles. The van der Waals surface area contributed by atoms with Crippen LogP contribution in [0.5, 0.6) is 5.75 Å². The number of aliphatic hydroxyl groups excluding tert-OH is 1. The fourth-order valence-electron chi connectivity index (χ4n) is 3.13. The smallest absolute Gasteiger partial charge is 0.226 e. The van der Waals surface area contributed by atoms with Crippen LogP contribution in [-0.2, 0) is 11.3 Å². The molecule has 2 rings (SSSR count). The molecule has 0 bridgehead atoms. The van der Waals surface area contributed by atoms with Crippen molar-refractivity contribution in [1.82, 2.24) is 9.80 Å². The van der Waals surface area contributed by atoms with E-state index < -0.39 is 0 Å². The second kappa shape index (κ2) is 7.79. The van der Waals surface area contributed by atoms with Gasteiger partial charge in [0.1, 0.15) is 5.75 Å². The van der Waals surface area contributed by atoms with Crippen molar-refractivity contribution in [2.45, 2.75) is 26.5 Å². The van der Waals surface area contributed by atoms with Crippen molar-refractivity contribution in [3.05, 3.63) is 29.8 Å². The Morgan fingerprint density at radius 2 is 2.04 bits per heavy atom. The van der Waals surface area contributed by atoms with E-state index in [9.17, 15) is 9.90 Å². The Balaban J connectivity index is 2.08. The van der Waals surface area contributed by atoms with Gasteiger partial charge in [0.05, 0.1) is 12.0 Å². The highest BCUT2D eigenvalue weighted by Crippen LogP contribution is 2.28. The van der Waals surface area contributed by atoms with Crippen LogP contribution in [0.1, 0.15) is 19.4 Å². The van der Waals surface area contributed by atoms with E-state index in [-0.39, 0.29) is 30.5 Å². The number of para-hydroxylation sites is 1. The van der Waals surface area contributed by atoms with E-state index in [0.29, 0.717) is 6.54 Å². The number of likely N-dealkylation sites (tertiary alicyclic amines) is 1. The zero-order chi connectivity index (χ0) is 17.0. The molecule has 1 N–H and O–H groups in total. The highest BCUT2D eigenvalue weighted by Gasteiger charge is 2.37. The van der Waals surface area contributed by atoms with Crippen molar-refractivity contribution < 1.29 is 14.6 Å². The van der Waals surface area contributed by atoms with Gasteiger partial charge in [-0.15, -0.1) is 0 Å². The van der Waals surface area contributed by atoms with Gasteiger partial charge in [0.2, 0.25) is 5.91 Å². The van der Waals surface area contributed by atoms with E-state index in [1.807, 2.05) is 32.0 Å². The number of carbonyl (C=O) groups excluding carboxylic acids is 1. The largest absolute Gasteiger partial charge is 0.491 e. The number of carbonyl (C=O) groups is 1. The molecular weight excluding hydrogens is 292 g/mol. The van der Waals surface area contributed by atoms with E-state index >= 15 is 0 Å². The Hall–Kier alpha value is -1.59. The van der Waals surface area contributed by atoms with Crippen LogP contribution in [0, 0.1) is 11.8 Å². The van der Waals surface area contributed by atoms with Crippen molar-refractivity contribution in [1.29, 1.82) is 0 Å². The number of hydrogen-bond acceptors (Lipinski definition) is 4. The van der Waals surface area contributed by atoms with Crippen LogP contribution in [0.15, 0.2) is 24.3 Å². The fraction of sp³-hybridized carbons (Fsp3) is 0.611. The minimum atomic E-state index is -0.131. The quantitative estimate of drug-likeness (QED) is 0.865. The second-order valence-corrected chi connectivity index (χ2v) is 6.75. The maximum absolute atomic E-state index is 12.3. The Morgan fingerprint density at radius 3 is 2.65 bits per heavy atom. The van der Waals surface area contributed by atoms with Crippen LogP contribution >= 0.6 is 0 Å². The third-order valence-electron chi connectivity index (χ3n) is 4.24. The molecule has 1 aliphatic rings. The van der Waals surface area contributed by atoms with Crippen molar-refractivity contribution in [3.8, 4) is 5.75 Å². The molecule has 1 heterocycles. The van der Waals surface area contributed by atoms with Gasteiger partial charge < -0.3 is 14.7 Å². The molecule has 2 atom stereocenters. The third-order valence-corrected chi connectivity index (χ3v) is 4.24. The lowest BCUT2D eigenvalue weighted by Gasteiger charge is -2.20. The van der Waals surface area contributed by atoms with Gasteiger partial charge in [0.25, 0.3) is 0 Å². The summed E-state index contributed by atoms with van der Waals surface area (Å²) in [5.74, 6) is 0.861. The van der Waals surface area contributed by atoms with Gasteiger partial charge in [-0.25, -0.2) is 0 Å². The summed E-state index contributed by atoms with van der Waals surface area (Å²) in [6.07, 6.45) is 0.128. The summed E-state index contributed by atoms with van der Waals surface area (Å²) < 4.78 is 5.87. The predicted octanol–water partition coefficient (Wildman–Crippen LogP) is 1.60. The molecule has 5 nitrogen and oxygen atoms in total. The highest BCUT2D eigenvalue weighted by atomic mass is 16.5. The molecule has 128 valence electrons. The summed E-state index contributed by atoms with van der Waals surface area (Å²) in [5, 5.41) is 9.60. The van der Waals surface area contributed by atoms with Gasteiger partial charge in [-0.05, 0) is 19.9 Å². The molecule has 0 spiro atoms. The lowest BCUT2D eigenvalue weighted by Crippen LogP contribution is -2.35. The molecule has 23 heavy (non-hydrogen) atoms. The fourth-order valence-corrected chi connectivity index (χ4v) is 3.13. The molecule has 0 aromatic heterocycles. The molecule has 0 aliphatic carbocycles. The zero-order valence-corrected chi connectivity index (χ0v) is 14.5. The van der Waals surface area contributed by atoms with Gasteiger partial charge in [0, 0.05) is 51.8 Å². The molecule has 1 aromatic carbocycles. The first-order valence-electron chi connectivity index (χ1n) is 8.21. The predicted molar refractivity (Wildman–Crippen MR) is 90.2 cm³/mol. The van der Waals surface area contributed by atoms with E-state index in [0.717, 1.165) is 24.4 Å². The number of nitrogens with zero attached hydrogens (tertiary/aromatic N) is 2. The van der Waals surface area contributed by atoms with Crippen molar-refractivity contribution in [2.24, 2.45) is 11.8 Å². The van der Waals surface area contributed by atoms with E-state index in [4.69, 9.17) is 4.74 Å². The first-order chi connectivity index (χ1) is 10.9. The van der Waals surface area contributed by atoms with Crippen LogP contribution in [0.2, 0.25) is 0 Å². The lowest BCUT2D eigenvalue weighted by molar-refractivity contribution is -0.134. The van der Waals surface area contributed by atoms with Gasteiger partial charge >= 0.3 is 0 Å². The molecule has 0 unspecified atom stereocenters. The SMILES string of the molecule is CC(C)Oc1ccccc1CN1C[C@@H](CO)[C@H](C(=O)N(C)C)C1. The number of amides is 1. The molecule has 1 aromatic rings. The average molecular weight is 320 g/mol. The first-order valence-corrected chi connectivity index (χ1v) is 8.21. The third kappa shape index (κ3) is 4.45. The minimum absolute atomic E-state index is 0.00285. The number of benzene rings is 1. The number of rotatable bonds is 6. The normalized spacial score (nSPS) is 21.7. The second-order valence-electron chi connectivity index (χ2n) is 6.75. The average Bonchev–Trinajstić information content (AvgIpc) is 2.90. The summed E-state index contributed by atoms with van der Waals surface area (Å²) in [7, 11) is 3.54. The minimum Gasteiger partial charge on any atom is -0.491 e. The Bertz CT molecular complexity index is 531. The highest BCUT2D eigenvalue weighted by molar-refractivity contribution is 5.79. The number of ether oxygens (including phenoxy) is 1. The van der Waals surface area contributed by atoms with Crippen LogP contribution in [0.25, 0.3) is 0 Å². The van der Waals surface area contributed by atoms with E-state index in [2.05, 4.69) is 11.0 Å². The molecule has 1 amide bonds. The van der Waals surface area contributed by atoms with E-state index in [1.165, 1.54) is 0 Å². The molecular formula is C18H28N2O3. The molecule has 0 radical (unpaired) electrons. The maximum Gasteiger partial charge on any atom is 0.226 e. The van der Waals surface area contributed by atoms with Crippen molar-refractivity contribution in [2.75, 3.05) is 33.8 Å². The molecule has 1 aliphatic heterocycles. The van der Waals surface area contributed by atoms with E-state index in [1.54, 1.807) is 19.0 Å². The van der Waals surface area contributed by atoms with Crippen LogP contribution in [0.3, 0.4) is 0 Å². The van der Waals surface area contributed by atoms with Gasteiger partial charge in [-0.2, -0.15) is 0 Å². The summed E-state index contributed by atoms with van der Waals surface area (Å²) in [6.45, 7) is 6.22. The summed E-state index contributed by atoms with van der Waals surface area (Å²) in [5.41, 5.74) is 1.12. The Labute approximate surface area is 138 Å². The Morgan fingerprint density at radius 1 is 1.35 bits per heavy atom. The zero-order valence-electron chi connectivity index (χ0n) is 14.5.